The summed E-state index contributed by atoms with van der Waals surface area (Å²) in [6.45, 7) is 6.82. The standard InChI is InChI=1S/C21H29NO8/c1-12-10-21(13(2)29-21)19(26)28-16-7-9-22(5)8-6-15(17(16)24)11-27-18(25)20(12,4)30-14(3)23/h6,12-13,16H,7-11H2,1-5H3/t12-,13+,16-,20-,21+/m1/s1. The number of hydrogen-bond acceptors (Lipinski definition) is 9. The SMILES string of the molecule is CC(=O)O[C@@]1(C)C(=O)OCC2=CCN(C)CC[C@@H](OC(=O)[C@@]3(C[C@H]1C)O[C@H]3C)C2=O. The Bertz CT molecular complexity index is 792. The molecule has 0 aromatic carbocycles. The van der Waals surface area contributed by atoms with Crippen LogP contribution >= 0.6 is 0 Å². The summed E-state index contributed by atoms with van der Waals surface area (Å²) in [4.78, 5) is 52.7. The molecule has 1 spiro atoms. The van der Waals surface area contributed by atoms with Gasteiger partial charge in [-0.2, -0.15) is 0 Å². The number of cyclic esters (lactones) is 1. The molecular weight excluding hydrogens is 394 g/mol. The van der Waals surface area contributed by atoms with E-state index in [9.17, 15) is 19.2 Å². The number of carbonyl (C=O) groups is 4. The molecule has 0 N–H and O–H groups in total. The van der Waals surface area contributed by atoms with Gasteiger partial charge in [0, 0.05) is 37.9 Å². The van der Waals surface area contributed by atoms with Gasteiger partial charge in [0.05, 0.1) is 6.10 Å². The number of Topliss-reactive ketones (excluding diaryl/α,β-unsaturated/α-hetero) is 1. The fraction of sp³-hybridized carbons (Fsp3) is 0.714. The van der Waals surface area contributed by atoms with Crippen LogP contribution < -0.4 is 0 Å². The zero-order valence-corrected chi connectivity index (χ0v) is 18.1. The molecule has 9 nitrogen and oxygen atoms in total. The fourth-order valence-electron chi connectivity index (χ4n) is 3.98. The predicted octanol–water partition coefficient (Wildman–Crippen LogP) is 0.792. The molecule has 0 aromatic rings. The van der Waals surface area contributed by atoms with Crippen molar-refractivity contribution in [2.24, 2.45) is 5.92 Å². The van der Waals surface area contributed by atoms with E-state index in [1.54, 1.807) is 19.9 Å². The van der Waals surface area contributed by atoms with E-state index < -0.39 is 53.0 Å². The number of carbonyl (C=O) groups excluding carboxylic acids is 4. The number of fused-ring (bicyclic) bond motifs is 2. The van der Waals surface area contributed by atoms with Gasteiger partial charge in [-0.3, -0.25) is 9.59 Å². The third-order valence-electron chi connectivity index (χ3n) is 6.28. The molecule has 3 aliphatic heterocycles. The van der Waals surface area contributed by atoms with Gasteiger partial charge in [-0.25, -0.2) is 9.59 Å². The fourth-order valence-corrected chi connectivity index (χ4v) is 3.98. The molecule has 2 saturated heterocycles. The Kier molecular flexibility index (Phi) is 6.06. The molecule has 0 unspecified atom stereocenters. The maximum Gasteiger partial charge on any atom is 0.350 e. The number of epoxide rings is 1. The third kappa shape index (κ3) is 4.13. The predicted molar refractivity (Wildman–Crippen MR) is 103 cm³/mol. The van der Waals surface area contributed by atoms with E-state index in [0.29, 0.717) is 19.5 Å². The lowest BCUT2D eigenvalue weighted by Crippen LogP contribution is -2.50. The van der Waals surface area contributed by atoms with E-state index in [-0.39, 0.29) is 18.6 Å². The number of ketones is 1. The van der Waals surface area contributed by atoms with Crippen LogP contribution in [0.2, 0.25) is 0 Å². The van der Waals surface area contributed by atoms with E-state index in [4.69, 9.17) is 18.9 Å². The Balaban J connectivity index is 2.01. The lowest BCUT2D eigenvalue weighted by Gasteiger charge is -2.35. The van der Waals surface area contributed by atoms with Crippen LogP contribution in [0.1, 0.15) is 40.5 Å². The van der Waals surface area contributed by atoms with E-state index in [0.717, 1.165) is 0 Å². The maximum atomic E-state index is 13.1. The van der Waals surface area contributed by atoms with Crippen molar-refractivity contribution in [2.45, 2.75) is 63.9 Å². The van der Waals surface area contributed by atoms with Gasteiger partial charge in [0.1, 0.15) is 6.61 Å². The van der Waals surface area contributed by atoms with Gasteiger partial charge >= 0.3 is 17.9 Å². The van der Waals surface area contributed by atoms with Crippen molar-refractivity contribution in [3.05, 3.63) is 11.6 Å². The van der Waals surface area contributed by atoms with Crippen molar-refractivity contribution < 1.29 is 38.1 Å². The number of ether oxygens (including phenoxy) is 4. The molecule has 5 atom stereocenters. The Labute approximate surface area is 175 Å². The summed E-state index contributed by atoms with van der Waals surface area (Å²) in [7, 11) is 1.88. The Morgan fingerprint density at radius 3 is 2.50 bits per heavy atom. The average Bonchev–Trinajstić information content (AvgIpc) is 3.32. The van der Waals surface area contributed by atoms with Crippen molar-refractivity contribution in [2.75, 3.05) is 26.7 Å². The first-order valence-corrected chi connectivity index (χ1v) is 10.2. The lowest BCUT2D eigenvalue weighted by atomic mass is 9.81. The molecule has 0 radical (unpaired) electrons. The third-order valence-corrected chi connectivity index (χ3v) is 6.28. The first-order valence-electron chi connectivity index (χ1n) is 10.2. The first kappa shape index (κ1) is 22.4. The summed E-state index contributed by atoms with van der Waals surface area (Å²) in [6, 6.07) is 0. The highest BCUT2D eigenvalue weighted by molar-refractivity contribution is 6.01. The minimum Gasteiger partial charge on any atom is -0.458 e. The highest BCUT2D eigenvalue weighted by Crippen LogP contribution is 2.46. The van der Waals surface area contributed by atoms with Gasteiger partial charge in [0.15, 0.2) is 11.7 Å². The summed E-state index contributed by atoms with van der Waals surface area (Å²) in [5.41, 5.74) is -2.70. The van der Waals surface area contributed by atoms with Crippen LogP contribution in [0.15, 0.2) is 11.6 Å². The van der Waals surface area contributed by atoms with Crippen molar-refractivity contribution in [1.29, 1.82) is 0 Å². The summed E-state index contributed by atoms with van der Waals surface area (Å²) < 4.78 is 22.0. The van der Waals surface area contributed by atoms with Crippen LogP contribution in [0.5, 0.6) is 0 Å². The molecule has 166 valence electrons. The van der Waals surface area contributed by atoms with Crippen molar-refractivity contribution in [3.8, 4) is 0 Å². The van der Waals surface area contributed by atoms with E-state index in [2.05, 4.69) is 0 Å². The number of esters is 3. The molecular formula is C21H29NO8. The first-order chi connectivity index (χ1) is 14.0. The zero-order valence-electron chi connectivity index (χ0n) is 18.1. The van der Waals surface area contributed by atoms with E-state index >= 15 is 0 Å². The second-order valence-corrected chi connectivity index (χ2v) is 8.57. The van der Waals surface area contributed by atoms with Crippen LogP contribution in [0, 0.1) is 5.92 Å². The highest BCUT2D eigenvalue weighted by Gasteiger charge is 2.64. The minimum atomic E-state index is -1.65. The largest absolute Gasteiger partial charge is 0.458 e. The summed E-state index contributed by atoms with van der Waals surface area (Å²) in [6.07, 6.45) is 0.648. The number of likely N-dealkylation sites (N-methyl/N-ethyl adjacent to an activating group) is 1. The molecule has 2 fully saturated rings. The molecule has 3 aliphatic rings. The van der Waals surface area contributed by atoms with Gasteiger partial charge in [-0.05, 0) is 27.3 Å². The summed E-state index contributed by atoms with van der Waals surface area (Å²) in [5, 5.41) is 0. The van der Waals surface area contributed by atoms with Crippen molar-refractivity contribution >= 4 is 23.7 Å². The topological polar surface area (TPSA) is 112 Å². The lowest BCUT2D eigenvalue weighted by molar-refractivity contribution is -0.187. The average molecular weight is 423 g/mol. The molecule has 0 amide bonds. The quantitative estimate of drug-likeness (QED) is 0.343. The van der Waals surface area contributed by atoms with Crippen LogP contribution in [0.4, 0.5) is 0 Å². The monoisotopic (exact) mass is 423 g/mol. The van der Waals surface area contributed by atoms with Gasteiger partial charge in [0.2, 0.25) is 11.4 Å². The Hall–Kier alpha value is -2.26. The molecule has 0 aromatic heterocycles. The van der Waals surface area contributed by atoms with E-state index in [1.807, 2.05) is 11.9 Å². The van der Waals surface area contributed by atoms with Gasteiger partial charge < -0.3 is 23.8 Å². The zero-order chi connectivity index (χ0) is 22.3. The molecule has 9 heteroatoms. The van der Waals surface area contributed by atoms with Gasteiger partial charge in [-0.15, -0.1) is 0 Å². The second kappa shape index (κ2) is 8.11. The molecule has 3 heterocycles. The molecule has 2 bridgehead atoms. The summed E-state index contributed by atoms with van der Waals surface area (Å²) in [5.74, 6) is -3.06. The summed E-state index contributed by atoms with van der Waals surface area (Å²) >= 11 is 0. The Morgan fingerprint density at radius 2 is 1.90 bits per heavy atom. The van der Waals surface area contributed by atoms with Crippen LogP contribution in [0.25, 0.3) is 0 Å². The second-order valence-electron chi connectivity index (χ2n) is 8.57. The van der Waals surface area contributed by atoms with Crippen LogP contribution in [0.3, 0.4) is 0 Å². The maximum absolute atomic E-state index is 13.1. The molecule has 3 rings (SSSR count). The Morgan fingerprint density at radius 1 is 1.23 bits per heavy atom. The number of nitrogens with zero attached hydrogens (tertiary/aromatic N) is 1. The van der Waals surface area contributed by atoms with Gasteiger partial charge in [-0.1, -0.05) is 13.0 Å². The van der Waals surface area contributed by atoms with Crippen molar-refractivity contribution in [1.82, 2.24) is 4.90 Å². The molecule has 30 heavy (non-hydrogen) atoms. The molecule has 0 aliphatic carbocycles. The van der Waals surface area contributed by atoms with Gasteiger partial charge in [0.25, 0.3) is 0 Å². The highest BCUT2D eigenvalue weighted by atomic mass is 16.7. The van der Waals surface area contributed by atoms with Crippen LogP contribution in [-0.2, 0) is 38.1 Å². The van der Waals surface area contributed by atoms with Crippen LogP contribution in [-0.4, -0.2) is 78.7 Å². The smallest absolute Gasteiger partial charge is 0.350 e. The van der Waals surface area contributed by atoms with Crippen molar-refractivity contribution in [3.63, 3.8) is 0 Å². The number of rotatable bonds is 1. The van der Waals surface area contributed by atoms with E-state index in [1.165, 1.54) is 13.8 Å². The normalized spacial score (nSPS) is 38.2. The number of hydrogen-bond donors (Lipinski definition) is 0. The molecule has 0 saturated carbocycles. The minimum absolute atomic E-state index is 0.0788.